The molecule has 2 atom stereocenters. The van der Waals surface area contributed by atoms with Gasteiger partial charge in [0.05, 0.1) is 6.04 Å². The number of carbonyl (C=O) groups excluding carboxylic acids is 2. The third-order valence-corrected chi connectivity index (χ3v) is 2.50. The Hall–Kier alpha value is -1.10. The van der Waals surface area contributed by atoms with Gasteiger partial charge in [-0.3, -0.25) is 9.59 Å². The maximum absolute atomic E-state index is 11.4. The van der Waals surface area contributed by atoms with Gasteiger partial charge in [-0.15, -0.1) is 0 Å². The van der Waals surface area contributed by atoms with Gasteiger partial charge in [0.1, 0.15) is 0 Å². The Bertz CT molecular complexity index is 231. The number of hydrogen-bond acceptors (Lipinski definition) is 3. The lowest BCUT2D eigenvalue weighted by Gasteiger charge is -2.13. The third kappa shape index (κ3) is 6.40. The van der Waals surface area contributed by atoms with Crippen LogP contribution in [-0.4, -0.2) is 37.5 Å². The minimum absolute atomic E-state index is 0.0215. The number of carbonyl (C=O) groups is 2. The summed E-state index contributed by atoms with van der Waals surface area (Å²) in [5.74, 6) is -0.106. The maximum atomic E-state index is 11.4. The molecule has 0 heterocycles. The van der Waals surface area contributed by atoms with Gasteiger partial charge in [-0.25, -0.2) is 0 Å². The summed E-state index contributed by atoms with van der Waals surface area (Å²) in [5, 5.41) is 8.37. The SMILES string of the molecule is CCC(C)NC(=O)CCNC(=O)C(C)NC. The lowest BCUT2D eigenvalue weighted by atomic mass is 10.2. The molecule has 0 aromatic carbocycles. The summed E-state index contributed by atoms with van der Waals surface area (Å²) in [4.78, 5) is 22.7. The molecule has 0 saturated carbocycles. The van der Waals surface area contributed by atoms with Crippen molar-refractivity contribution in [2.45, 2.75) is 45.7 Å². The highest BCUT2D eigenvalue weighted by atomic mass is 16.2. The van der Waals surface area contributed by atoms with E-state index in [2.05, 4.69) is 16.0 Å². The van der Waals surface area contributed by atoms with E-state index in [1.54, 1.807) is 14.0 Å². The van der Waals surface area contributed by atoms with Crippen molar-refractivity contribution in [1.29, 1.82) is 0 Å². The zero-order chi connectivity index (χ0) is 12.6. The fourth-order valence-electron chi connectivity index (χ4n) is 1.03. The molecule has 2 amide bonds. The molecule has 5 heteroatoms. The van der Waals surface area contributed by atoms with Gasteiger partial charge in [0.25, 0.3) is 0 Å². The molecule has 3 N–H and O–H groups in total. The molecular formula is C11H23N3O2. The van der Waals surface area contributed by atoms with Crippen molar-refractivity contribution in [2.24, 2.45) is 0 Å². The first kappa shape index (κ1) is 14.9. The fourth-order valence-corrected chi connectivity index (χ4v) is 1.03. The van der Waals surface area contributed by atoms with Crippen molar-refractivity contribution in [2.75, 3.05) is 13.6 Å². The molecule has 94 valence electrons. The Morgan fingerprint density at radius 1 is 1.25 bits per heavy atom. The van der Waals surface area contributed by atoms with E-state index < -0.39 is 0 Å². The summed E-state index contributed by atoms with van der Waals surface area (Å²) in [6.07, 6.45) is 1.24. The first-order valence-corrected chi connectivity index (χ1v) is 5.75. The van der Waals surface area contributed by atoms with Crippen molar-refractivity contribution in [1.82, 2.24) is 16.0 Å². The van der Waals surface area contributed by atoms with E-state index in [9.17, 15) is 9.59 Å². The molecule has 2 unspecified atom stereocenters. The fraction of sp³-hybridized carbons (Fsp3) is 0.818. The highest BCUT2D eigenvalue weighted by Crippen LogP contribution is 1.89. The molecule has 0 aromatic rings. The Labute approximate surface area is 97.4 Å². The second kappa shape index (κ2) is 8.10. The number of amides is 2. The molecule has 0 spiro atoms. The third-order valence-electron chi connectivity index (χ3n) is 2.50. The zero-order valence-corrected chi connectivity index (χ0v) is 10.6. The number of nitrogens with one attached hydrogen (secondary N) is 3. The van der Waals surface area contributed by atoms with Crippen molar-refractivity contribution < 1.29 is 9.59 Å². The van der Waals surface area contributed by atoms with Gasteiger partial charge < -0.3 is 16.0 Å². The van der Waals surface area contributed by atoms with Crippen LogP contribution >= 0.6 is 0 Å². The predicted octanol–water partition coefficient (Wildman–Crippen LogP) is 0.0153. The summed E-state index contributed by atoms with van der Waals surface area (Å²) in [6.45, 7) is 6.13. The Morgan fingerprint density at radius 3 is 2.38 bits per heavy atom. The van der Waals surface area contributed by atoms with E-state index in [1.165, 1.54) is 0 Å². The molecule has 0 aromatic heterocycles. The summed E-state index contributed by atoms with van der Waals surface area (Å²) in [6, 6.07) is -0.0305. The molecule has 0 aliphatic heterocycles. The van der Waals surface area contributed by atoms with Crippen LogP contribution < -0.4 is 16.0 Å². The van der Waals surface area contributed by atoms with Crippen LogP contribution in [0.1, 0.15) is 33.6 Å². The highest BCUT2D eigenvalue weighted by molar-refractivity contribution is 5.82. The molecule has 0 radical (unpaired) electrons. The van der Waals surface area contributed by atoms with Gasteiger partial charge in [0.2, 0.25) is 11.8 Å². The largest absolute Gasteiger partial charge is 0.354 e. The van der Waals surface area contributed by atoms with E-state index in [0.29, 0.717) is 13.0 Å². The summed E-state index contributed by atoms with van der Waals surface area (Å²) < 4.78 is 0. The van der Waals surface area contributed by atoms with Crippen LogP contribution in [0.5, 0.6) is 0 Å². The smallest absolute Gasteiger partial charge is 0.236 e. The minimum atomic E-state index is -0.224. The van der Waals surface area contributed by atoms with Gasteiger partial charge in [-0.1, -0.05) is 6.92 Å². The lowest BCUT2D eigenvalue weighted by Crippen LogP contribution is -2.42. The van der Waals surface area contributed by atoms with Crippen LogP contribution in [0.25, 0.3) is 0 Å². The van der Waals surface area contributed by atoms with Crippen molar-refractivity contribution in [3.05, 3.63) is 0 Å². The van der Waals surface area contributed by atoms with Crippen LogP contribution in [-0.2, 0) is 9.59 Å². The van der Waals surface area contributed by atoms with E-state index in [-0.39, 0.29) is 23.9 Å². The Balaban J connectivity index is 3.66. The van der Waals surface area contributed by atoms with E-state index in [1.807, 2.05) is 13.8 Å². The Kier molecular flexibility index (Phi) is 7.54. The lowest BCUT2D eigenvalue weighted by molar-refractivity contribution is -0.123. The maximum Gasteiger partial charge on any atom is 0.236 e. The molecule has 0 aliphatic rings. The van der Waals surface area contributed by atoms with Crippen LogP contribution in [0.15, 0.2) is 0 Å². The van der Waals surface area contributed by atoms with Gasteiger partial charge in [-0.05, 0) is 27.3 Å². The average Bonchev–Trinajstić information content (AvgIpc) is 2.27. The monoisotopic (exact) mass is 229 g/mol. The molecule has 0 saturated heterocycles. The van der Waals surface area contributed by atoms with E-state index >= 15 is 0 Å². The van der Waals surface area contributed by atoms with Crippen LogP contribution in [0, 0.1) is 0 Å². The molecule has 0 fully saturated rings. The zero-order valence-electron chi connectivity index (χ0n) is 10.6. The molecule has 0 rings (SSSR count). The second-order valence-corrected chi connectivity index (χ2v) is 3.93. The van der Waals surface area contributed by atoms with Gasteiger partial charge in [0.15, 0.2) is 0 Å². The van der Waals surface area contributed by atoms with Crippen molar-refractivity contribution in [3.8, 4) is 0 Å². The van der Waals surface area contributed by atoms with Crippen molar-refractivity contribution >= 4 is 11.8 Å². The Morgan fingerprint density at radius 2 is 1.88 bits per heavy atom. The molecule has 0 aliphatic carbocycles. The van der Waals surface area contributed by atoms with Gasteiger partial charge in [-0.2, -0.15) is 0 Å². The van der Waals surface area contributed by atoms with Gasteiger partial charge >= 0.3 is 0 Å². The quantitative estimate of drug-likeness (QED) is 0.576. The number of hydrogen-bond donors (Lipinski definition) is 3. The predicted molar refractivity (Wildman–Crippen MR) is 64.0 cm³/mol. The van der Waals surface area contributed by atoms with Gasteiger partial charge in [0, 0.05) is 19.0 Å². The first-order valence-electron chi connectivity index (χ1n) is 5.75. The number of rotatable bonds is 7. The van der Waals surface area contributed by atoms with Crippen LogP contribution in [0.3, 0.4) is 0 Å². The van der Waals surface area contributed by atoms with E-state index in [0.717, 1.165) is 6.42 Å². The normalized spacial score (nSPS) is 14.0. The number of likely N-dealkylation sites (N-methyl/N-ethyl adjacent to an activating group) is 1. The van der Waals surface area contributed by atoms with Crippen molar-refractivity contribution in [3.63, 3.8) is 0 Å². The molecule has 16 heavy (non-hydrogen) atoms. The summed E-state index contributed by atoms with van der Waals surface area (Å²) >= 11 is 0. The van der Waals surface area contributed by atoms with Crippen LogP contribution in [0.2, 0.25) is 0 Å². The highest BCUT2D eigenvalue weighted by Gasteiger charge is 2.10. The first-order chi connectivity index (χ1) is 7.51. The van der Waals surface area contributed by atoms with Crippen LogP contribution in [0.4, 0.5) is 0 Å². The minimum Gasteiger partial charge on any atom is -0.354 e. The second-order valence-electron chi connectivity index (χ2n) is 3.93. The summed E-state index contributed by atoms with van der Waals surface area (Å²) in [7, 11) is 1.72. The molecule has 0 bridgehead atoms. The average molecular weight is 229 g/mol. The topological polar surface area (TPSA) is 70.2 Å². The summed E-state index contributed by atoms with van der Waals surface area (Å²) in [5.41, 5.74) is 0. The van der Waals surface area contributed by atoms with E-state index in [4.69, 9.17) is 0 Å². The molecular weight excluding hydrogens is 206 g/mol. The standard InChI is InChI=1S/C11H23N3O2/c1-5-8(2)14-10(15)6-7-13-11(16)9(3)12-4/h8-9,12H,5-7H2,1-4H3,(H,13,16)(H,14,15). The molecule has 5 nitrogen and oxygen atoms in total.